The first-order valence-corrected chi connectivity index (χ1v) is 4.58. The Hall–Kier alpha value is -0.790. The van der Waals surface area contributed by atoms with Crippen molar-refractivity contribution >= 4 is 5.97 Å². The molecule has 0 saturated heterocycles. The minimum Gasteiger partial charge on any atom is -0.463 e. The van der Waals surface area contributed by atoms with E-state index in [0.29, 0.717) is 6.61 Å². The van der Waals surface area contributed by atoms with Gasteiger partial charge in [-0.25, -0.2) is 4.79 Å². The van der Waals surface area contributed by atoms with E-state index in [9.17, 15) is 4.79 Å². The van der Waals surface area contributed by atoms with E-state index in [4.69, 9.17) is 4.74 Å². The molecular formula is C10H16O2. The molecule has 0 heterocycles. The summed E-state index contributed by atoms with van der Waals surface area (Å²) in [4.78, 5) is 11.0. The topological polar surface area (TPSA) is 26.3 Å². The second kappa shape index (κ2) is 4.29. The van der Waals surface area contributed by atoms with Gasteiger partial charge in [0, 0.05) is 6.08 Å². The number of carbonyl (C=O) groups is 1. The average Bonchev–Trinajstić information content (AvgIpc) is 2.36. The van der Waals surface area contributed by atoms with Crippen LogP contribution >= 0.6 is 0 Å². The number of hydrogen-bond donors (Lipinski definition) is 0. The van der Waals surface area contributed by atoms with Crippen molar-refractivity contribution in [2.75, 3.05) is 6.61 Å². The van der Waals surface area contributed by atoms with E-state index >= 15 is 0 Å². The molecule has 1 aliphatic carbocycles. The maximum absolute atomic E-state index is 11.0. The summed E-state index contributed by atoms with van der Waals surface area (Å²) < 4.78 is 4.82. The third kappa shape index (κ3) is 2.68. The van der Waals surface area contributed by atoms with Crippen LogP contribution in [0.5, 0.6) is 0 Å². The van der Waals surface area contributed by atoms with Gasteiger partial charge in [0.2, 0.25) is 0 Å². The molecule has 0 aromatic rings. The predicted octanol–water partition coefficient (Wildman–Crippen LogP) is 2.30. The average molecular weight is 168 g/mol. The second-order valence-corrected chi connectivity index (χ2v) is 3.40. The first-order chi connectivity index (χ1) is 5.72. The number of ether oxygens (including phenoxy) is 1. The zero-order valence-corrected chi connectivity index (χ0v) is 7.80. The van der Waals surface area contributed by atoms with Crippen molar-refractivity contribution in [3.8, 4) is 0 Å². The normalized spacial score (nSPS) is 26.2. The minimum absolute atomic E-state index is 0.179. The van der Waals surface area contributed by atoms with Gasteiger partial charge in [0.15, 0.2) is 0 Å². The lowest BCUT2D eigenvalue weighted by atomic mass is 10.1. The lowest BCUT2D eigenvalue weighted by Crippen LogP contribution is -2.00. The molecule has 1 unspecified atom stereocenters. The lowest BCUT2D eigenvalue weighted by Gasteiger charge is -1.98. The van der Waals surface area contributed by atoms with Crippen molar-refractivity contribution < 1.29 is 9.53 Å². The number of rotatable bonds is 2. The molecule has 0 aromatic heterocycles. The highest BCUT2D eigenvalue weighted by Crippen LogP contribution is 2.29. The molecule has 2 heteroatoms. The number of allylic oxidation sites excluding steroid dienone is 1. The zero-order valence-electron chi connectivity index (χ0n) is 7.80. The van der Waals surface area contributed by atoms with Crippen LogP contribution in [0, 0.1) is 5.92 Å². The van der Waals surface area contributed by atoms with Gasteiger partial charge >= 0.3 is 5.97 Å². The van der Waals surface area contributed by atoms with Crippen molar-refractivity contribution in [1.82, 2.24) is 0 Å². The highest BCUT2D eigenvalue weighted by atomic mass is 16.5. The summed E-state index contributed by atoms with van der Waals surface area (Å²) >= 11 is 0. The Balaban J connectivity index is 2.41. The Morgan fingerprint density at radius 1 is 1.75 bits per heavy atom. The molecule has 0 amide bonds. The largest absolute Gasteiger partial charge is 0.463 e. The van der Waals surface area contributed by atoms with Crippen LogP contribution in [0.1, 0.15) is 33.1 Å². The van der Waals surface area contributed by atoms with Gasteiger partial charge in [0.1, 0.15) is 0 Å². The summed E-state index contributed by atoms with van der Waals surface area (Å²) in [5.41, 5.74) is 1.25. The van der Waals surface area contributed by atoms with Gasteiger partial charge in [-0.15, -0.1) is 0 Å². The fourth-order valence-corrected chi connectivity index (χ4v) is 1.57. The molecule has 0 aliphatic heterocycles. The Morgan fingerprint density at radius 3 is 3.00 bits per heavy atom. The molecule has 1 rings (SSSR count). The lowest BCUT2D eigenvalue weighted by molar-refractivity contribution is -0.137. The highest BCUT2D eigenvalue weighted by Gasteiger charge is 2.15. The monoisotopic (exact) mass is 168 g/mol. The predicted molar refractivity (Wildman–Crippen MR) is 47.7 cm³/mol. The Kier molecular flexibility index (Phi) is 3.32. The van der Waals surface area contributed by atoms with Crippen molar-refractivity contribution in [3.63, 3.8) is 0 Å². The maximum Gasteiger partial charge on any atom is 0.330 e. The van der Waals surface area contributed by atoms with Gasteiger partial charge in [0.05, 0.1) is 6.61 Å². The smallest absolute Gasteiger partial charge is 0.330 e. The van der Waals surface area contributed by atoms with Gasteiger partial charge in [-0.3, -0.25) is 0 Å². The second-order valence-electron chi connectivity index (χ2n) is 3.40. The molecule has 0 radical (unpaired) electrons. The van der Waals surface area contributed by atoms with E-state index in [1.165, 1.54) is 12.0 Å². The molecule has 68 valence electrons. The quantitative estimate of drug-likeness (QED) is 0.467. The van der Waals surface area contributed by atoms with Crippen LogP contribution in [-0.4, -0.2) is 12.6 Å². The molecule has 12 heavy (non-hydrogen) atoms. The van der Waals surface area contributed by atoms with Crippen LogP contribution in [0.3, 0.4) is 0 Å². The third-order valence-corrected chi connectivity index (χ3v) is 2.18. The summed E-state index contributed by atoms with van der Waals surface area (Å²) in [6.07, 6.45) is 5.01. The Labute approximate surface area is 73.6 Å². The molecule has 0 bridgehead atoms. The number of carbonyl (C=O) groups excluding carboxylic acids is 1. The van der Waals surface area contributed by atoms with Crippen LogP contribution in [-0.2, 0) is 9.53 Å². The SMILES string of the molecule is CCOC(=O)C=C1CCC(C)C1. The first-order valence-electron chi connectivity index (χ1n) is 4.58. The summed E-state index contributed by atoms with van der Waals surface area (Å²) in [5, 5.41) is 0. The van der Waals surface area contributed by atoms with Crippen LogP contribution < -0.4 is 0 Å². The van der Waals surface area contributed by atoms with E-state index in [0.717, 1.165) is 18.8 Å². The molecule has 1 saturated carbocycles. The van der Waals surface area contributed by atoms with Crippen LogP contribution in [0.15, 0.2) is 11.6 Å². The summed E-state index contributed by atoms with van der Waals surface area (Å²) in [7, 11) is 0. The fourth-order valence-electron chi connectivity index (χ4n) is 1.57. The van der Waals surface area contributed by atoms with Crippen LogP contribution in [0.4, 0.5) is 0 Å². The summed E-state index contributed by atoms with van der Waals surface area (Å²) in [6.45, 7) is 4.51. The minimum atomic E-state index is -0.179. The van der Waals surface area contributed by atoms with E-state index in [-0.39, 0.29) is 5.97 Å². The highest BCUT2D eigenvalue weighted by molar-refractivity contribution is 5.82. The van der Waals surface area contributed by atoms with Crippen molar-refractivity contribution in [2.24, 2.45) is 5.92 Å². The number of hydrogen-bond acceptors (Lipinski definition) is 2. The van der Waals surface area contributed by atoms with Gasteiger partial charge in [-0.2, -0.15) is 0 Å². The third-order valence-electron chi connectivity index (χ3n) is 2.18. The molecule has 0 aromatic carbocycles. The van der Waals surface area contributed by atoms with E-state index in [1.807, 2.05) is 6.92 Å². The molecular weight excluding hydrogens is 152 g/mol. The van der Waals surface area contributed by atoms with Crippen molar-refractivity contribution in [1.29, 1.82) is 0 Å². The fraction of sp³-hybridized carbons (Fsp3) is 0.700. The molecule has 0 N–H and O–H groups in total. The molecule has 1 atom stereocenters. The van der Waals surface area contributed by atoms with Gasteiger partial charge < -0.3 is 4.74 Å². The van der Waals surface area contributed by atoms with E-state index in [2.05, 4.69) is 6.92 Å². The van der Waals surface area contributed by atoms with Crippen LogP contribution in [0.2, 0.25) is 0 Å². The summed E-state index contributed by atoms with van der Waals surface area (Å²) in [5.74, 6) is 0.562. The standard InChI is InChI=1S/C10H16O2/c1-3-12-10(11)7-9-5-4-8(2)6-9/h7-8H,3-6H2,1-2H3. The Morgan fingerprint density at radius 2 is 2.50 bits per heavy atom. The van der Waals surface area contributed by atoms with E-state index < -0.39 is 0 Å². The van der Waals surface area contributed by atoms with Crippen molar-refractivity contribution in [2.45, 2.75) is 33.1 Å². The van der Waals surface area contributed by atoms with Crippen LogP contribution in [0.25, 0.3) is 0 Å². The maximum atomic E-state index is 11.0. The van der Waals surface area contributed by atoms with E-state index in [1.54, 1.807) is 6.08 Å². The molecule has 1 fully saturated rings. The zero-order chi connectivity index (χ0) is 8.97. The van der Waals surface area contributed by atoms with Gasteiger partial charge in [-0.05, 0) is 32.1 Å². The first kappa shape index (κ1) is 9.30. The molecule has 0 spiro atoms. The van der Waals surface area contributed by atoms with Gasteiger partial charge in [0.25, 0.3) is 0 Å². The van der Waals surface area contributed by atoms with Crippen molar-refractivity contribution in [3.05, 3.63) is 11.6 Å². The van der Waals surface area contributed by atoms with Gasteiger partial charge in [-0.1, -0.05) is 12.5 Å². The number of esters is 1. The Bertz CT molecular complexity index is 194. The molecule has 1 aliphatic rings. The molecule has 2 nitrogen and oxygen atoms in total. The summed E-state index contributed by atoms with van der Waals surface area (Å²) in [6, 6.07) is 0.